The fraction of sp³-hybridized carbons (Fsp3) is 0.318. The quantitative estimate of drug-likeness (QED) is 0.449. The minimum atomic E-state index is -0.478. The highest BCUT2D eigenvalue weighted by atomic mass is 32.2. The molecule has 2 rings (SSSR count). The minimum absolute atomic E-state index is 0.136. The smallest absolute Gasteiger partial charge is 0.307 e. The Labute approximate surface area is 174 Å². The van der Waals surface area contributed by atoms with Crippen LogP contribution in [0.2, 0.25) is 0 Å². The van der Waals surface area contributed by atoms with Crippen molar-refractivity contribution in [3.05, 3.63) is 59.4 Å². The van der Waals surface area contributed by atoms with Crippen molar-refractivity contribution in [2.24, 2.45) is 0 Å². The number of carbonyl (C=O) groups is 2. The molecule has 0 saturated heterocycles. The Kier molecular flexibility index (Phi) is 8.68. The molecule has 152 valence electrons. The van der Waals surface area contributed by atoms with Gasteiger partial charge < -0.3 is 9.64 Å². The molecule has 0 heterocycles. The maximum Gasteiger partial charge on any atom is 0.307 e. The van der Waals surface area contributed by atoms with Crippen LogP contribution >= 0.6 is 11.8 Å². The van der Waals surface area contributed by atoms with Gasteiger partial charge in [-0.05, 0) is 61.4 Å². The first-order valence-electron chi connectivity index (χ1n) is 9.18. The summed E-state index contributed by atoms with van der Waals surface area (Å²) in [6, 6.07) is 13.8. The second kappa shape index (κ2) is 11.2. The van der Waals surface area contributed by atoms with E-state index < -0.39 is 5.97 Å². The molecule has 0 saturated carbocycles. The molecule has 2 aromatic carbocycles. The van der Waals surface area contributed by atoms with E-state index in [-0.39, 0.29) is 37.7 Å². The lowest BCUT2D eigenvalue weighted by Crippen LogP contribution is -2.35. The highest BCUT2D eigenvalue weighted by Gasteiger charge is 2.18. The van der Waals surface area contributed by atoms with Gasteiger partial charge in [-0.3, -0.25) is 9.59 Å². The number of benzene rings is 2. The van der Waals surface area contributed by atoms with Crippen LogP contribution in [-0.2, 0) is 14.3 Å². The van der Waals surface area contributed by atoms with Crippen molar-refractivity contribution in [2.75, 3.05) is 23.8 Å². The lowest BCUT2D eigenvalue weighted by atomic mass is 10.1. The van der Waals surface area contributed by atoms with Crippen LogP contribution in [0.1, 0.15) is 24.0 Å². The lowest BCUT2D eigenvalue weighted by molar-refractivity contribution is -0.147. The zero-order valence-corrected chi connectivity index (χ0v) is 17.3. The third kappa shape index (κ3) is 7.59. The first-order valence-corrected chi connectivity index (χ1v) is 10.2. The number of nitriles is 1. The summed E-state index contributed by atoms with van der Waals surface area (Å²) in [7, 11) is 0. The first-order chi connectivity index (χ1) is 13.9. The summed E-state index contributed by atoms with van der Waals surface area (Å²) in [6.07, 6.45) is 0.318. The van der Waals surface area contributed by atoms with Crippen molar-refractivity contribution >= 4 is 29.3 Å². The Morgan fingerprint density at radius 3 is 2.41 bits per heavy atom. The number of hydrogen-bond acceptors (Lipinski definition) is 5. The van der Waals surface area contributed by atoms with Crippen LogP contribution in [0, 0.1) is 31.0 Å². The van der Waals surface area contributed by atoms with Crippen molar-refractivity contribution in [2.45, 2.75) is 31.6 Å². The second-order valence-corrected chi connectivity index (χ2v) is 7.68. The lowest BCUT2D eigenvalue weighted by Gasteiger charge is -2.22. The summed E-state index contributed by atoms with van der Waals surface area (Å²) >= 11 is 1.41. The third-order valence-electron chi connectivity index (χ3n) is 4.01. The van der Waals surface area contributed by atoms with Crippen LogP contribution in [0.15, 0.2) is 47.4 Å². The molecule has 29 heavy (non-hydrogen) atoms. The fourth-order valence-corrected chi connectivity index (χ4v) is 3.57. The Hall–Kier alpha value is -2.85. The Morgan fingerprint density at radius 1 is 1.14 bits per heavy atom. The van der Waals surface area contributed by atoms with Gasteiger partial charge in [-0.15, -0.1) is 11.8 Å². The van der Waals surface area contributed by atoms with Gasteiger partial charge in [-0.25, -0.2) is 4.39 Å². The number of anilines is 1. The standard InChI is InChI=1S/C22H23FN2O3S/c1-16-12-17(2)14-19(13-16)25(10-3-9-24)21(26)15-28-22(27)8-11-29-20-6-4-18(23)5-7-20/h4-7,12-14H,3,8,10-11,15H2,1-2H3. The van der Waals surface area contributed by atoms with Crippen molar-refractivity contribution < 1.29 is 18.7 Å². The fourth-order valence-electron chi connectivity index (χ4n) is 2.74. The number of aryl methyl sites for hydroxylation is 2. The maximum absolute atomic E-state index is 12.9. The average Bonchev–Trinajstić information content (AvgIpc) is 2.67. The highest BCUT2D eigenvalue weighted by molar-refractivity contribution is 7.99. The molecule has 7 heteroatoms. The summed E-state index contributed by atoms with van der Waals surface area (Å²) in [5, 5.41) is 8.88. The Morgan fingerprint density at radius 2 is 1.79 bits per heavy atom. The number of rotatable bonds is 9. The predicted octanol–water partition coefficient (Wildman–Crippen LogP) is 4.41. The molecule has 0 unspecified atom stereocenters. The average molecular weight is 415 g/mol. The van der Waals surface area contributed by atoms with Crippen molar-refractivity contribution in [1.29, 1.82) is 5.26 Å². The zero-order chi connectivity index (χ0) is 21.2. The monoisotopic (exact) mass is 414 g/mol. The van der Waals surface area contributed by atoms with Gasteiger partial charge in [0.05, 0.1) is 18.9 Å². The number of esters is 1. The van der Waals surface area contributed by atoms with E-state index >= 15 is 0 Å². The van der Waals surface area contributed by atoms with E-state index in [0.29, 0.717) is 11.4 Å². The molecule has 0 N–H and O–H groups in total. The first kappa shape index (κ1) is 22.4. The molecule has 0 aliphatic carbocycles. The van der Waals surface area contributed by atoms with Crippen molar-refractivity contribution in [3.8, 4) is 6.07 Å². The second-order valence-electron chi connectivity index (χ2n) is 6.51. The molecule has 0 atom stereocenters. The molecule has 0 fully saturated rings. The molecule has 0 aromatic heterocycles. The number of halogens is 1. The van der Waals surface area contributed by atoms with Crippen LogP contribution in [0.4, 0.5) is 10.1 Å². The van der Waals surface area contributed by atoms with E-state index in [1.165, 1.54) is 28.8 Å². The molecule has 0 spiro atoms. The van der Waals surface area contributed by atoms with E-state index in [1.54, 1.807) is 12.1 Å². The molecular formula is C22H23FN2O3S. The number of carbonyl (C=O) groups excluding carboxylic acids is 2. The summed E-state index contributed by atoms with van der Waals surface area (Å²) in [5.41, 5.74) is 2.69. The third-order valence-corrected chi connectivity index (χ3v) is 5.03. The Bertz CT molecular complexity index is 874. The van der Waals surface area contributed by atoms with Gasteiger partial charge in [0.1, 0.15) is 5.82 Å². The van der Waals surface area contributed by atoms with Gasteiger partial charge in [-0.2, -0.15) is 5.26 Å². The molecule has 0 aliphatic heterocycles. The topological polar surface area (TPSA) is 70.4 Å². The number of thioether (sulfide) groups is 1. The summed E-state index contributed by atoms with van der Waals surface area (Å²) in [5.74, 6) is -0.691. The van der Waals surface area contributed by atoms with Gasteiger partial charge in [0.15, 0.2) is 6.61 Å². The van der Waals surface area contributed by atoms with Crippen LogP contribution < -0.4 is 4.90 Å². The van der Waals surface area contributed by atoms with E-state index in [4.69, 9.17) is 10.00 Å². The Balaban J connectivity index is 1.87. The highest BCUT2D eigenvalue weighted by Crippen LogP contribution is 2.20. The predicted molar refractivity (Wildman–Crippen MR) is 111 cm³/mol. The van der Waals surface area contributed by atoms with Gasteiger partial charge in [0.25, 0.3) is 5.91 Å². The number of ether oxygens (including phenoxy) is 1. The molecule has 0 bridgehead atoms. The largest absolute Gasteiger partial charge is 0.456 e. The molecule has 0 radical (unpaired) electrons. The number of hydrogen-bond donors (Lipinski definition) is 0. The van der Waals surface area contributed by atoms with E-state index in [9.17, 15) is 14.0 Å². The van der Waals surface area contributed by atoms with Crippen molar-refractivity contribution in [1.82, 2.24) is 0 Å². The van der Waals surface area contributed by atoms with Gasteiger partial charge in [-0.1, -0.05) is 6.07 Å². The molecule has 0 aliphatic rings. The summed E-state index contributed by atoms with van der Waals surface area (Å²) < 4.78 is 18.0. The van der Waals surface area contributed by atoms with Gasteiger partial charge >= 0.3 is 5.97 Å². The number of nitrogens with zero attached hydrogens (tertiary/aromatic N) is 2. The number of amides is 1. The van der Waals surface area contributed by atoms with Gasteiger partial charge in [0, 0.05) is 22.9 Å². The van der Waals surface area contributed by atoms with Crippen molar-refractivity contribution in [3.63, 3.8) is 0 Å². The van der Waals surface area contributed by atoms with E-state index in [0.717, 1.165) is 16.0 Å². The summed E-state index contributed by atoms with van der Waals surface area (Å²) in [4.78, 5) is 26.9. The van der Waals surface area contributed by atoms with E-state index in [1.807, 2.05) is 38.1 Å². The molecular weight excluding hydrogens is 391 g/mol. The van der Waals surface area contributed by atoms with Crippen LogP contribution in [-0.4, -0.2) is 30.8 Å². The van der Waals surface area contributed by atoms with Gasteiger partial charge in [0.2, 0.25) is 0 Å². The summed E-state index contributed by atoms with van der Waals surface area (Å²) in [6.45, 7) is 3.72. The normalized spacial score (nSPS) is 10.3. The maximum atomic E-state index is 12.9. The van der Waals surface area contributed by atoms with Crippen LogP contribution in [0.3, 0.4) is 0 Å². The SMILES string of the molecule is Cc1cc(C)cc(N(CCC#N)C(=O)COC(=O)CCSc2ccc(F)cc2)c1. The molecule has 2 aromatic rings. The molecule has 1 amide bonds. The van der Waals surface area contributed by atoms with E-state index in [2.05, 4.69) is 0 Å². The van der Waals surface area contributed by atoms with Crippen LogP contribution in [0.5, 0.6) is 0 Å². The van der Waals surface area contributed by atoms with Crippen LogP contribution in [0.25, 0.3) is 0 Å². The molecule has 5 nitrogen and oxygen atoms in total. The minimum Gasteiger partial charge on any atom is -0.456 e. The zero-order valence-electron chi connectivity index (χ0n) is 16.5.